The number of fused-ring (bicyclic) bond motifs is 1. The van der Waals surface area contributed by atoms with Crippen molar-refractivity contribution in [2.24, 2.45) is 0 Å². The third kappa shape index (κ3) is 6.85. The molecule has 1 saturated heterocycles. The number of morpholine rings is 1. The van der Waals surface area contributed by atoms with Gasteiger partial charge >= 0.3 is 6.18 Å². The van der Waals surface area contributed by atoms with Crippen LogP contribution in [0.25, 0.3) is 10.9 Å². The molecule has 0 atom stereocenters. The van der Waals surface area contributed by atoms with E-state index in [4.69, 9.17) is 10.00 Å². The highest BCUT2D eigenvalue weighted by atomic mass is 19.4. The Hall–Kier alpha value is -4.87. The van der Waals surface area contributed by atoms with Crippen molar-refractivity contribution in [2.45, 2.75) is 19.6 Å². The molecule has 2 aromatic carbocycles. The maximum absolute atomic E-state index is 14.1. The summed E-state index contributed by atoms with van der Waals surface area (Å²) in [5.41, 5.74) is -1.22. The molecule has 14 heteroatoms. The topological polar surface area (TPSA) is 125 Å². The van der Waals surface area contributed by atoms with E-state index in [1.807, 2.05) is 6.07 Å². The van der Waals surface area contributed by atoms with Crippen molar-refractivity contribution >= 4 is 28.4 Å². The average Bonchev–Trinajstić information content (AvgIpc) is 3.31. The van der Waals surface area contributed by atoms with E-state index < -0.39 is 35.2 Å². The van der Waals surface area contributed by atoms with Crippen LogP contribution < -0.4 is 10.6 Å². The smallest absolute Gasteiger partial charge is 0.379 e. The summed E-state index contributed by atoms with van der Waals surface area (Å²) in [7, 11) is 0. The standard InChI is InChI=1S/C30H27F4N7O3/c1-18-26(27(30(32,33)34)39-41(18)17-20-4-2-19(16-35)3-5-20)38-28(42)23-15-25(37-24-14-21(31)6-7-22(23)24)29(43)36-8-9-40-10-12-44-13-11-40/h2-7,14-15H,8-13,17H2,1H3,(H,36,43)(H,38,42). The van der Waals surface area contributed by atoms with Crippen LogP contribution in [0.2, 0.25) is 0 Å². The fraction of sp³-hybridized carbons (Fsp3) is 0.300. The number of amides is 2. The Morgan fingerprint density at radius 3 is 2.48 bits per heavy atom. The number of aromatic nitrogens is 3. The van der Waals surface area contributed by atoms with E-state index in [0.29, 0.717) is 30.9 Å². The highest BCUT2D eigenvalue weighted by molar-refractivity contribution is 6.14. The van der Waals surface area contributed by atoms with Crippen molar-refractivity contribution < 1.29 is 31.9 Å². The van der Waals surface area contributed by atoms with Crippen LogP contribution in [0.4, 0.5) is 23.2 Å². The highest BCUT2D eigenvalue weighted by Crippen LogP contribution is 2.36. The van der Waals surface area contributed by atoms with Crippen molar-refractivity contribution in [3.63, 3.8) is 0 Å². The highest BCUT2D eigenvalue weighted by Gasteiger charge is 2.39. The van der Waals surface area contributed by atoms with E-state index >= 15 is 0 Å². The summed E-state index contributed by atoms with van der Waals surface area (Å²) in [5, 5.41) is 17.9. The molecule has 3 heterocycles. The van der Waals surface area contributed by atoms with Gasteiger partial charge in [0.1, 0.15) is 11.5 Å². The quantitative estimate of drug-likeness (QED) is 0.288. The lowest BCUT2D eigenvalue weighted by Crippen LogP contribution is -2.41. The minimum Gasteiger partial charge on any atom is -0.379 e. The maximum Gasteiger partial charge on any atom is 0.437 e. The summed E-state index contributed by atoms with van der Waals surface area (Å²) in [6, 6.07) is 12.8. The van der Waals surface area contributed by atoms with Crippen LogP contribution >= 0.6 is 0 Å². The van der Waals surface area contributed by atoms with Crippen LogP contribution in [0.15, 0.2) is 48.5 Å². The van der Waals surface area contributed by atoms with Crippen LogP contribution in [-0.2, 0) is 17.5 Å². The SMILES string of the molecule is Cc1c(NC(=O)c2cc(C(=O)NCCN3CCOCC3)nc3cc(F)ccc23)c(C(F)(F)F)nn1Cc1ccc(C#N)cc1. The van der Waals surface area contributed by atoms with E-state index in [1.165, 1.54) is 31.2 Å². The lowest BCUT2D eigenvalue weighted by atomic mass is 10.1. The molecule has 1 aliphatic heterocycles. The molecule has 1 fully saturated rings. The Morgan fingerprint density at radius 1 is 1.07 bits per heavy atom. The van der Waals surface area contributed by atoms with Gasteiger partial charge in [-0.3, -0.25) is 19.2 Å². The normalized spacial score (nSPS) is 13.9. The van der Waals surface area contributed by atoms with E-state index in [-0.39, 0.29) is 40.9 Å². The number of carbonyl (C=O) groups excluding carboxylic acids is 2. The number of pyridine rings is 1. The summed E-state index contributed by atoms with van der Waals surface area (Å²) in [4.78, 5) is 32.9. The molecule has 0 bridgehead atoms. The van der Waals surface area contributed by atoms with Crippen LogP contribution in [-0.4, -0.2) is 70.9 Å². The van der Waals surface area contributed by atoms with Gasteiger partial charge in [0, 0.05) is 37.6 Å². The van der Waals surface area contributed by atoms with Gasteiger partial charge in [-0.25, -0.2) is 9.37 Å². The fourth-order valence-electron chi connectivity index (χ4n) is 4.84. The Kier molecular flexibility index (Phi) is 8.88. The molecule has 2 amide bonds. The second kappa shape index (κ2) is 12.8. The van der Waals surface area contributed by atoms with Gasteiger partial charge in [0.2, 0.25) is 0 Å². The summed E-state index contributed by atoms with van der Waals surface area (Å²) >= 11 is 0. The first-order valence-corrected chi connectivity index (χ1v) is 13.7. The minimum atomic E-state index is -4.90. The molecule has 1 aliphatic rings. The van der Waals surface area contributed by atoms with E-state index in [9.17, 15) is 27.2 Å². The van der Waals surface area contributed by atoms with Gasteiger partial charge in [-0.05, 0) is 42.8 Å². The van der Waals surface area contributed by atoms with Crippen LogP contribution in [0, 0.1) is 24.1 Å². The molecule has 0 saturated carbocycles. The van der Waals surface area contributed by atoms with Crippen molar-refractivity contribution in [1.82, 2.24) is 25.0 Å². The Labute approximate surface area is 249 Å². The number of rotatable bonds is 8. The zero-order valence-electron chi connectivity index (χ0n) is 23.5. The lowest BCUT2D eigenvalue weighted by Gasteiger charge is -2.26. The molecule has 10 nitrogen and oxygen atoms in total. The number of nitrogens with one attached hydrogen (secondary N) is 2. The summed E-state index contributed by atoms with van der Waals surface area (Å²) in [5.74, 6) is -2.25. The van der Waals surface area contributed by atoms with Gasteiger partial charge < -0.3 is 15.4 Å². The average molecular weight is 610 g/mol. The number of halogens is 4. The predicted octanol–water partition coefficient (Wildman–Crippen LogP) is 4.13. The molecule has 0 aliphatic carbocycles. The first kappa shape index (κ1) is 30.6. The Balaban J connectivity index is 1.43. The Bertz CT molecular complexity index is 1740. The largest absolute Gasteiger partial charge is 0.437 e. The van der Waals surface area contributed by atoms with Gasteiger partial charge in [-0.15, -0.1) is 0 Å². The number of nitrogens with zero attached hydrogens (tertiary/aromatic N) is 5. The molecular formula is C30H27F4N7O3. The van der Waals surface area contributed by atoms with E-state index in [1.54, 1.807) is 12.1 Å². The summed E-state index contributed by atoms with van der Waals surface area (Å²) in [6.07, 6.45) is -4.90. The van der Waals surface area contributed by atoms with Crippen LogP contribution in [0.3, 0.4) is 0 Å². The number of carbonyl (C=O) groups is 2. The molecule has 228 valence electrons. The van der Waals surface area contributed by atoms with Crippen LogP contribution in [0.5, 0.6) is 0 Å². The molecule has 2 aromatic heterocycles. The monoisotopic (exact) mass is 609 g/mol. The number of hydrogen-bond acceptors (Lipinski definition) is 7. The van der Waals surface area contributed by atoms with Gasteiger partial charge in [0.15, 0.2) is 5.69 Å². The zero-order valence-corrected chi connectivity index (χ0v) is 23.5. The number of ether oxygens (including phenoxy) is 1. The van der Waals surface area contributed by atoms with Gasteiger partial charge in [-0.1, -0.05) is 12.1 Å². The first-order valence-electron chi connectivity index (χ1n) is 13.7. The van der Waals surface area contributed by atoms with E-state index in [2.05, 4.69) is 25.6 Å². The van der Waals surface area contributed by atoms with E-state index in [0.717, 1.165) is 29.9 Å². The van der Waals surface area contributed by atoms with Crippen molar-refractivity contribution in [3.8, 4) is 6.07 Å². The van der Waals surface area contributed by atoms with Crippen molar-refractivity contribution in [2.75, 3.05) is 44.7 Å². The number of anilines is 1. The zero-order chi connectivity index (χ0) is 31.4. The molecule has 0 unspecified atom stereocenters. The second-order valence-electron chi connectivity index (χ2n) is 10.2. The summed E-state index contributed by atoms with van der Waals surface area (Å²) < 4.78 is 62.7. The van der Waals surface area contributed by atoms with Crippen molar-refractivity contribution in [3.05, 3.63) is 88.1 Å². The van der Waals surface area contributed by atoms with Gasteiger partial charge in [0.05, 0.1) is 53.9 Å². The molecular weight excluding hydrogens is 582 g/mol. The predicted molar refractivity (Wildman–Crippen MR) is 151 cm³/mol. The first-order chi connectivity index (χ1) is 21.0. The fourth-order valence-corrected chi connectivity index (χ4v) is 4.84. The molecule has 5 rings (SSSR count). The number of nitriles is 1. The van der Waals surface area contributed by atoms with Gasteiger partial charge in [-0.2, -0.15) is 23.5 Å². The summed E-state index contributed by atoms with van der Waals surface area (Å²) in [6.45, 7) is 4.78. The Morgan fingerprint density at radius 2 is 1.80 bits per heavy atom. The molecule has 0 radical (unpaired) electrons. The molecule has 44 heavy (non-hydrogen) atoms. The minimum absolute atomic E-state index is 0.0137. The maximum atomic E-state index is 14.1. The third-order valence-electron chi connectivity index (χ3n) is 7.20. The molecule has 4 aromatic rings. The number of hydrogen-bond donors (Lipinski definition) is 2. The number of alkyl halides is 3. The van der Waals surface area contributed by atoms with Gasteiger partial charge in [0.25, 0.3) is 11.8 Å². The lowest BCUT2D eigenvalue weighted by molar-refractivity contribution is -0.140. The molecule has 2 N–H and O–H groups in total. The van der Waals surface area contributed by atoms with Crippen molar-refractivity contribution in [1.29, 1.82) is 5.26 Å². The number of benzene rings is 2. The van der Waals surface area contributed by atoms with Crippen LogP contribution in [0.1, 0.15) is 43.4 Å². The molecule has 0 spiro atoms. The second-order valence-corrected chi connectivity index (χ2v) is 10.2. The third-order valence-corrected chi connectivity index (χ3v) is 7.20.